The van der Waals surface area contributed by atoms with E-state index in [0.29, 0.717) is 11.3 Å². The van der Waals surface area contributed by atoms with Gasteiger partial charge >= 0.3 is 0 Å². The van der Waals surface area contributed by atoms with Crippen LogP contribution in [0.15, 0.2) is 53.7 Å². The number of nitro groups is 1. The molecular weight excluding hydrogens is 357 g/mol. The first-order valence-corrected chi connectivity index (χ1v) is 8.02. The molecule has 0 unspecified atom stereocenters. The summed E-state index contributed by atoms with van der Waals surface area (Å²) in [5, 5.41) is 14.7. The quantitative estimate of drug-likeness (QED) is 0.470. The highest BCUT2D eigenvalue weighted by molar-refractivity contribution is 6.25. The number of halogens is 1. The molecule has 8 nitrogen and oxygen atoms in total. The van der Waals surface area contributed by atoms with Crippen molar-refractivity contribution < 1.29 is 23.7 Å². The first kappa shape index (κ1) is 16.8. The van der Waals surface area contributed by atoms with Gasteiger partial charge in [0.15, 0.2) is 0 Å². The molecule has 2 aliphatic rings. The van der Waals surface area contributed by atoms with Crippen molar-refractivity contribution in [2.75, 3.05) is 4.90 Å². The average Bonchev–Trinajstić information content (AvgIpc) is 3.18. The van der Waals surface area contributed by atoms with Crippen LogP contribution >= 0.6 is 0 Å². The second-order valence-electron chi connectivity index (χ2n) is 6.29. The number of oxime groups is 1. The molecular formula is C18H12FN3O5. The first-order chi connectivity index (χ1) is 12.9. The summed E-state index contributed by atoms with van der Waals surface area (Å²) >= 11 is 0. The molecule has 2 aromatic carbocycles. The van der Waals surface area contributed by atoms with Gasteiger partial charge in [-0.1, -0.05) is 5.16 Å². The number of rotatable bonds is 3. The van der Waals surface area contributed by atoms with Crippen molar-refractivity contribution >= 4 is 28.9 Å². The minimum atomic E-state index is -1.44. The topological polar surface area (TPSA) is 102 Å². The molecule has 9 heteroatoms. The Morgan fingerprint density at radius 2 is 1.74 bits per heavy atom. The summed E-state index contributed by atoms with van der Waals surface area (Å²) in [5.74, 6) is -1.51. The number of amides is 2. The highest BCUT2D eigenvalue weighted by atomic mass is 19.1. The van der Waals surface area contributed by atoms with Crippen molar-refractivity contribution in [2.24, 2.45) is 5.16 Å². The lowest BCUT2D eigenvalue weighted by Gasteiger charge is -2.19. The van der Waals surface area contributed by atoms with Crippen molar-refractivity contribution in [3.05, 3.63) is 70.0 Å². The average molecular weight is 369 g/mol. The number of carbonyl (C=O) groups is 2. The van der Waals surface area contributed by atoms with Crippen LogP contribution in [0.4, 0.5) is 15.8 Å². The van der Waals surface area contributed by atoms with Gasteiger partial charge in [-0.3, -0.25) is 19.7 Å². The fourth-order valence-electron chi connectivity index (χ4n) is 3.18. The second kappa shape index (κ2) is 5.97. The predicted molar refractivity (Wildman–Crippen MR) is 91.6 cm³/mol. The van der Waals surface area contributed by atoms with Gasteiger partial charge in [0.05, 0.1) is 22.7 Å². The number of benzene rings is 2. The van der Waals surface area contributed by atoms with E-state index in [1.165, 1.54) is 36.4 Å². The molecule has 0 saturated carbocycles. The molecule has 0 radical (unpaired) electrons. The van der Waals surface area contributed by atoms with Crippen LogP contribution in [0.2, 0.25) is 0 Å². The lowest BCUT2D eigenvalue weighted by Crippen LogP contribution is -2.40. The van der Waals surface area contributed by atoms with Crippen LogP contribution in [-0.2, 0) is 14.4 Å². The summed E-state index contributed by atoms with van der Waals surface area (Å²) in [6, 6.07) is 10.7. The van der Waals surface area contributed by atoms with E-state index >= 15 is 0 Å². The summed E-state index contributed by atoms with van der Waals surface area (Å²) in [7, 11) is 0. The number of anilines is 1. The predicted octanol–water partition coefficient (Wildman–Crippen LogP) is 2.56. The maximum Gasteiger partial charge on any atom is 0.281 e. The molecule has 0 bridgehead atoms. The van der Waals surface area contributed by atoms with E-state index in [1.54, 1.807) is 0 Å². The Morgan fingerprint density at radius 1 is 1.07 bits per heavy atom. The van der Waals surface area contributed by atoms with Crippen LogP contribution in [-0.4, -0.2) is 28.1 Å². The van der Waals surface area contributed by atoms with E-state index in [2.05, 4.69) is 5.16 Å². The van der Waals surface area contributed by atoms with Crippen molar-refractivity contribution in [2.45, 2.75) is 18.4 Å². The summed E-state index contributed by atoms with van der Waals surface area (Å²) < 4.78 is 13.1. The van der Waals surface area contributed by atoms with Crippen molar-refractivity contribution in [1.29, 1.82) is 0 Å². The lowest BCUT2D eigenvalue weighted by atomic mass is 9.92. The number of nitrogens with zero attached hydrogens (tertiary/aromatic N) is 3. The molecule has 0 aliphatic carbocycles. The van der Waals surface area contributed by atoms with Gasteiger partial charge < -0.3 is 4.84 Å². The maximum absolute atomic E-state index is 13.1. The number of hydrogen-bond acceptors (Lipinski definition) is 6. The summed E-state index contributed by atoms with van der Waals surface area (Å²) in [6.07, 6.45) is -0.129. The molecule has 1 saturated heterocycles. The molecule has 2 heterocycles. The highest BCUT2D eigenvalue weighted by Gasteiger charge is 2.58. The van der Waals surface area contributed by atoms with E-state index in [0.717, 1.165) is 17.0 Å². The Hall–Kier alpha value is -3.62. The van der Waals surface area contributed by atoms with Crippen LogP contribution in [0.1, 0.15) is 18.4 Å². The van der Waals surface area contributed by atoms with Gasteiger partial charge in [-0.2, -0.15) is 0 Å². The fourth-order valence-corrected chi connectivity index (χ4v) is 3.18. The van der Waals surface area contributed by atoms with Gasteiger partial charge in [0.1, 0.15) is 5.82 Å². The standard InChI is InChI=1S/C18H12FN3O5/c19-12-3-7-13(8-4-12)21-16(23)10-18(17(21)24)9-15(20-27-18)11-1-5-14(6-2-11)22(25)26/h1-8H,9-10H2/t18-/m0/s1. The van der Waals surface area contributed by atoms with Crippen LogP contribution in [0.25, 0.3) is 0 Å². The third kappa shape index (κ3) is 2.73. The second-order valence-corrected chi connectivity index (χ2v) is 6.29. The SMILES string of the molecule is O=C1C[C@@]2(CC(c3ccc([N+](=O)[O-])cc3)=NO2)C(=O)N1c1ccc(F)cc1. The Bertz CT molecular complexity index is 987. The number of imide groups is 1. The van der Waals surface area contributed by atoms with E-state index in [9.17, 15) is 24.1 Å². The summed E-state index contributed by atoms with van der Waals surface area (Å²) in [5.41, 5.74) is -0.258. The third-order valence-corrected chi connectivity index (χ3v) is 4.56. The van der Waals surface area contributed by atoms with Crippen molar-refractivity contribution in [3.8, 4) is 0 Å². The van der Waals surface area contributed by atoms with Gasteiger partial charge in [-0.15, -0.1) is 0 Å². The number of carbonyl (C=O) groups excluding carboxylic acids is 2. The molecule has 0 aromatic heterocycles. The fraction of sp³-hybridized carbons (Fsp3) is 0.167. The first-order valence-electron chi connectivity index (χ1n) is 8.02. The summed E-state index contributed by atoms with van der Waals surface area (Å²) in [4.78, 5) is 41.8. The maximum atomic E-state index is 13.1. The van der Waals surface area contributed by atoms with Crippen LogP contribution in [0.5, 0.6) is 0 Å². The molecule has 0 N–H and O–H groups in total. The van der Waals surface area contributed by atoms with Gasteiger partial charge in [-0.05, 0) is 42.0 Å². The van der Waals surface area contributed by atoms with E-state index in [1.807, 2.05) is 0 Å². The van der Waals surface area contributed by atoms with Gasteiger partial charge in [0, 0.05) is 18.6 Å². The molecule has 136 valence electrons. The van der Waals surface area contributed by atoms with E-state index < -0.39 is 28.2 Å². The molecule has 2 amide bonds. The highest BCUT2D eigenvalue weighted by Crippen LogP contribution is 2.39. The number of nitro benzene ring substituents is 1. The monoisotopic (exact) mass is 369 g/mol. The van der Waals surface area contributed by atoms with Crippen molar-refractivity contribution in [1.82, 2.24) is 0 Å². The number of non-ortho nitro benzene ring substituents is 1. The van der Waals surface area contributed by atoms with Gasteiger partial charge in [0.2, 0.25) is 11.5 Å². The minimum absolute atomic E-state index is 0.0626. The Kier molecular flexibility index (Phi) is 3.72. The largest absolute Gasteiger partial charge is 0.378 e. The molecule has 1 fully saturated rings. The molecule has 27 heavy (non-hydrogen) atoms. The Morgan fingerprint density at radius 3 is 2.37 bits per heavy atom. The normalized spacial score (nSPS) is 21.5. The zero-order chi connectivity index (χ0) is 19.2. The Labute approximate surface area is 152 Å². The van der Waals surface area contributed by atoms with E-state index in [-0.39, 0.29) is 24.2 Å². The van der Waals surface area contributed by atoms with Crippen molar-refractivity contribution in [3.63, 3.8) is 0 Å². The molecule has 2 aromatic rings. The number of hydrogen-bond donors (Lipinski definition) is 0. The summed E-state index contributed by atoms with van der Waals surface area (Å²) in [6.45, 7) is 0. The molecule has 4 rings (SSSR count). The van der Waals surface area contributed by atoms with Crippen LogP contribution in [0.3, 0.4) is 0 Å². The van der Waals surface area contributed by atoms with Crippen LogP contribution < -0.4 is 4.90 Å². The van der Waals surface area contributed by atoms with Crippen LogP contribution in [0, 0.1) is 15.9 Å². The zero-order valence-corrected chi connectivity index (χ0v) is 13.8. The van der Waals surface area contributed by atoms with Gasteiger partial charge in [-0.25, -0.2) is 9.29 Å². The smallest absolute Gasteiger partial charge is 0.281 e. The molecule has 1 spiro atoms. The lowest BCUT2D eigenvalue weighted by molar-refractivity contribution is -0.384. The minimum Gasteiger partial charge on any atom is -0.378 e. The van der Waals surface area contributed by atoms with E-state index in [4.69, 9.17) is 4.84 Å². The third-order valence-electron chi connectivity index (χ3n) is 4.56. The Balaban J connectivity index is 1.57. The van der Waals surface area contributed by atoms with Gasteiger partial charge in [0.25, 0.3) is 11.6 Å². The zero-order valence-electron chi connectivity index (χ0n) is 13.8. The molecule has 2 aliphatic heterocycles. The molecule has 1 atom stereocenters.